The van der Waals surface area contributed by atoms with Gasteiger partial charge in [0.2, 0.25) is 0 Å². The van der Waals surface area contributed by atoms with Gasteiger partial charge in [0.25, 0.3) is 0 Å². The molecule has 0 aliphatic heterocycles. The van der Waals surface area contributed by atoms with E-state index in [1.165, 1.54) is 24.4 Å². The van der Waals surface area contributed by atoms with Crippen LogP contribution in [0.4, 0.5) is 0 Å². The normalized spacial score (nSPS) is 29.0. The van der Waals surface area contributed by atoms with Gasteiger partial charge in [-0.3, -0.25) is 0 Å². The third-order valence-corrected chi connectivity index (χ3v) is 4.41. The minimum Gasteiger partial charge on any atom is -0.328 e. The number of nitrogens with two attached hydrogens (primary N) is 1. The monoisotopic (exact) mass is 215 g/mol. The van der Waals surface area contributed by atoms with Gasteiger partial charge in [-0.25, -0.2) is 4.98 Å². The Hall–Kier alpha value is -0.130. The van der Waals surface area contributed by atoms with Gasteiger partial charge in [-0.2, -0.15) is 4.37 Å². The van der Waals surface area contributed by atoms with Crippen LogP contribution in [-0.2, 0) is 0 Å². The molecule has 13 heavy (non-hydrogen) atoms. The van der Waals surface area contributed by atoms with Crippen LogP contribution in [0, 0.1) is 0 Å². The van der Waals surface area contributed by atoms with Crippen molar-refractivity contribution in [2.45, 2.75) is 41.3 Å². The molecule has 1 saturated carbocycles. The van der Waals surface area contributed by atoms with Crippen molar-refractivity contribution in [1.82, 2.24) is 9.36 Å². The number of nitrogens with zero attached hydrogens (tertiary/aromatic N) is 2. The van der Waals surface area contributed by atoms with E-state index in [0.29, 0.717) is 11.3 Å². The quantitative estimate of drug-likeness (QED) is 0.818. The van der Waals surface area contributed by atoms with E-state index in [1.54, 1.807) is 6.33 Å². The minimum atomic E-state index is 0.436. The van der Waals surface area contributed by atoms with Crippen LogP contribution in [0.5, 0.6) is 0 Å². The lowest BCUT2D eigenvalue weighted by Gasteiger charge is -2.24. The van der Waals surface area contributed by atoms with Crippen molar-refractivity contribution in [2.24, 2.45) is 5.73 Å². The lowest BCUT2D eigenvalue weighted by molar-refractivity contribution is 0.451. The van der Waals surface area contributed by atoms with Crippen LogP contribution in [-0.4, -0.2) is 20.6 Å². The average Bonchev–Trinajstić information content (AvgIpc) is 2.62. The molecule has 1 heterocycles. The maximum Gasteiger partial charge on any atom is 0.170 e. The predicted molar refractivity (Wildman–Crippen MR) is 56.0 cm³/mol. The van der Waals surface area contributed by atoms with Crippen molar-refractivity contribution in [2.75, 3.05) is 0 Å². The Bertz CT molecular complexity index is 242. The van der Waals surface area contributed by atoms with Crippen LogP contribution in [0.2, 0.25) is 0 Å². The molecule has 72 valence electrons. The molecule has 0 spiro atoms. The fourth-order valence-corrected chi connectivity index (χ4v) is 3.45. The van der Waals surface area contributed by atoms with Crippen molar-refractivity contribution in [1.29, 1.82) is 0 Å². The highest BCUT2D eigenvalue weighted by Gasteiger charge is 2.20. The minimum absolute atomic E-state index is 0.436. The first-order valence-corrected chi connectivity index (χ1v) is 6.19. The molecule has 0 atom stereocenters. The smallest absolute Gasteiger partial charge is 0.170 e. The van der Waals surface area contributed by atoms with Crippen molar-refractivity contribution < 1.29 is 0 Å². The Morgan fingerprint density at radius 2 is 2.15 bits per heavy atom. The van der Waals surface area contributed by atoms with E-state index >= 15 is 0 Å². The van der Waals surface area contributed by atoms with Crippen LogP contribution in [0.25, 0.3) is 0 Å². The van der Waals surface area contributed by atoms with Gasteiger partial charge in [0.15, 0.2) is 4.34 Å². The van der Waals surface area contributed by atoms with E-state index in [1.807, 2.05) is 11.8 Å². The highest BCUT2D eigenvalue weighted by molar-refractivity contribution is 8.01. The molecule has 1 aliphatic carbocycles. The first kappa shape index (κ1) is 9.43. The second kappa shape index (κ2) is 4.39. The van der Waals surface area contributed by atoms with Crippen LogP contribution in [0.3, 0.4) is 0 Å². The van der Waals surface area contributed by atoms with Crippen molar-refractivity contribution >= 4 is 23.3 Å². The lowest BCUT2D eigenvalue weighted by Crippen LogP contribution is -2.27. The summed E-state index contributed by atoms with van der Waals surface area (Å²) in [4.78, 5) is 4.17. The first-order chi connectivity index (χ1) is 6.34. The molecule has 1 aliphatic rings. The van der Waals surface area contributed by atoms with Crippen molar-refractivity contribution in [3.63, 3.8) is 0 Å². The Balaban J connectivity index is 1.83. The maximum atomic E-state index is 5.84. The fraction of sp³-hybridized carbons (Fsp3) is 0.750. The third-order valence-electron chi connectivity index (χ3n) is 2.33. The number of aromatic nitrogens is 2. The second-order valence-corrected chi connectivity index (χ2v) is 5.69. The number of hydrogen-bond acceptors (Lipinski definition) is 5. The average molecular weight is 215 g/mol. The molecule has 1 fully saturated rings. The summed E-state index contributed by atoms with van der Waals surface area (Å²) in [5.74, 6) is 0. The van der Waals surface area contributed by atoms with Gasteiger partial charge in [-0.1, -0.05) is 11.8 Å². The molecule has 0 radical (unpaired) electrons. The van der Waals surface area contributed by atoms with Gasteiger partial charge in [0, 0.05) is 11.3 Å². The number of thioether (sulfide) groups is 1. The lowest BCUT2D eigenvalue weighted by atomic mass is 9.96. The summed E-state index contributed by atoms with van der Waals surface area (Å²) in [6.45, 7) is 0. The SMILES string of the molecule is NC1CCC(Sc2ncns2)CC1. The Morgan fingerprint density at radius 3 is 2.77 bits per heavy atom. The summed E-state index contributed by atoms with van der Waals surface area (Å²) in [5.41, 5.74) is 5.84. The summed E-state index contributed by atoms with van der Waals surface area (Å²) in [7, 11) is 0. The predicted octanol–water partition coefficient (Wildman–Crippen LogP) is 1.90. The van der Waals surface area contributed by atoms with Gasteiger partial charge in [-0.05, 0) is 37.2 Å². The molecule has 5 heteroatoms. The molecular formula is C8H13N3S2. The molecule has 0 amide bonds. The topological polar surface area (TPSA) is 51.8 Å². The molecular weight excluding hydrogens is 202 g/mol. The molecule has 0 saturated heterocycles. The molecule has 1 aromatic rings. The zero-order valence-corrected chi connectivity index (χ0v) is 8.98. The van der Waals surface area contributed by atoms with Gasteiger partial charge < -0.3 is 5.73 Å². The number of rotatable bonds is 2. The first-order valence-electron chi connectivity index (χ1n) is 4.53. The van der Waals surface area contributed by atoms with E-state index < -0.39 is 0 Å². The molecule has 2 N–H and O–H groups in total. The van der Waals surface area contributed by atoms with Crippen LogP contribution < -0.4 is 5.73 Å². The van der Waals surface area contributed by atoms with E-state index in [2.05, 4.69) is 9.36 Å². The van der Waals surface area contributed by atoms with Gasteiger partial charge in [0.1, 0.15) is 6.33 Å². The summed E-state index contributed by atoms with van der Waals surface area (Å²) >= 11 is 3.35. The van der Waals surface area contributed by atoms with Crippen LogP contribution >= 0.6 is 23.3 Å². The van der Waals surface area contributed by atoms with Gasteiger partial charge >= 0.3 is 0 Å². The summed E-state index contributed by atoms with van der Waals surface area (Å²) in [6.07, 6.45) is 6.41. The zero-order valence-electron chi connectivity index (χ0n) is 7.35. The molecule has 0 aromatic carbocycles. The van der Waals surface area contributed by atoms with E-state index in [-0.39, 0.29) is 0 Å². The molecule has 3 nitrogen and oxygen atoms in total. The van der Waals surface area contributed by atoms with Crippen LogP contribution in [0.1, 0.15) is 25.7 Å². The van der Waals surface area contributed by atoms with Crippen LogP contribution in [0.15, 0.2) is 10.7 Å². The van der Waals surface area contributed by atoms with Crippen molar-refractivity contribution in [3.8, 4) is 0 Å². The standard InChI is InChI=1S/C8H13N3S2/c9-6-1-3-7(4-2-6)12-8-10-5-11-13-8/h5-7H,1-4,9H2. The van der Waals surface area contributed by atoms with E-state index in [0.717, 1.165) is 17.2 Å². The van der Waals surface area contributed by atoms with Crippen molar-refractivity contribution in [3.05, 3.63) is 6.33 Å². The van der Waals surface area contributed by atoms with Gasteiger partial charge in [-0.15, -0.1) is 0 Å². The summed E-state index contributed by atoms with van der Waals surface area (Å²) in [5, 5.41) is 0.716. The molecule has 0 unspecified atom stereocenters. The fourth-order valence-electron chi connectivity index (χ4n) is 1.56. The summed E-state index contributed by atoms with van der Waals surface area (Å²) in [6, 6.07) is 0.436. The summed E-state index contributed by atoms with van der Waals surface area (Å²) < 4.78 is 5.09. The molecule has 2 rings (SSSR count). The second-order valence-electron chi connectivity index (χ2n) is 3.36. The van der Waals surface area contributed by atoms with E-state index in [4.69, 9.17) is 5.73 Å². The highest BCUT2D eigenvalue weighted by atomic mass is 32.2. The Kier molecular flexibility index (Phi) is 3.18. The third kappa shape index (κ3) is 2.65. The maximum absolute atomic E-state index is 5.84. The highest BCUT2D eigenvalue weighted by Crippen LogP contribution is 2.33. The number of hydrogen-bond donors (Lipinski definition) is 1. The van der Waals surface area contributed by atoms with E-state index in [9.17, 15) is 0 Å². The zero-order chi connectivity index (χ0) is 9.10. The molecule has 1 aromatic heterocycles. The van der Waals surface area contributed by atoms with Gasteiger partial charge in [0.05, 0.1) is 0 Å². The Labute approximate surface area is 86.3 Å². The largest absolute Gasteiger partial charge is 0.328 e. The Morgan fingerprint density at radius 1 is 1.38 bits per heavy atom. The molecule has 0 bridgehead atoms.